The third-order valence-corrected chi connectivity index (χ3v) is 7.08. The van der Waals surface area contributed by atoms with Crippen molar-refractivity contribution in [2.75, 3.05) is 0 Å². The van der Waals surface area contributed by atoms with Crippen molar-refractivity contribution in [3.05, 3.63) is 63.9 Å². The van der Waals surface area contributed by atoms with Gasteiger partial charge >= 0.3 is 0 Å². The van der Waals surface area contributed by atoms with Crippen molar-refractivity contribution in [1.82, 2.24) is 4.72 Å². The molecular weight excluding hydrogens is 382 g/mol. The summed E-state index contributed by atoms with van der Waals surface area (Å²) in [5, 5.41) is 2.24. The van der Waals surface area contributed by atoms with Crippen LogP contribution >= 0.6 is 27.3 Å². The van der Waals surface area contributed by atoms with E-state index >= 15 is 0 Å². The van der Waals surface area contributed by atoms with Gasteiger partial charge in [-0.3, -0.25) is 0 Å². The molecule has 0 amide bonds. The van der Waals surface area contributed by atoms with E-state index in [-0.39, 0.29) is 6.04 Å². The van der Waals surface area contributed by atoms with Gasteiger partial charge in [0.2, 0.25) is 0 Å². The Labute approximate surface area is 142 Å². The fraction of sp³-hybridized carbons (Fsp3) is 0.125. The fourth-order valence-corrected chi connectivity index (χ4v) is 5.54. The molecule has 3 rings (SSSR count). The van der Waals surface area contributed by atoms with Crippen LogP contribution in [0, 0.1) is 0 Å². The molecule has 114 valence electrons. The number of nitrogens with one attached hydrogen (secondary N) is 1. The molecule has 0 bridgehead atoms. The van der Waals surface area contributed by atoms with E-state index < -0.39 is 10.0 Å². The Kier molecular flexibility index (Phi) is 4.36. The van der Waals surface area contributed by atoms with Crippen molar-refractivity contribution in [1.29, 1.82) is 0 Å². The van der Waals surface area contributed by atoms with Gasteiger partial charge in [-0.25, -0.2) is 13.1 Å². The fourth-order valence-electron chi connectivity index (χ4n) is 2.28. The van der Waals surface area contributed by atoms with Gasteiger partial charge in [0.25, 0.3) is 10.0 Å². The Hall–Kier alpha value is -1.21. The molecule has 0 spiro atoms. The van der Waals surface area contributed by atoms with E-state index in [1.165, 1.54) is 11.3 Å². The molecule has 0 saturated carbocycles. The van der Waals surface area contributed by atoms with Gasteiger partial charge in [0.15, 0.2) is 0 Å². The molecule has 0 saturated heterocycles. The molecule has 1 aromatic heterocycles. The Bertz CT molecular complexity index is 919. The number of benzene rings is 2. The average Bonchev–Trinajstić information content (AvgIpc) is 2.94. The van der Waals surface area contributed by atoms with Gasteiger partial charge in [0.1, 0.15) is 4.21 Å². The highest BCUT2D eigenvalue weighted by Crippen LogP contribution is 2.28. The number of sulfonamides is 1. The van der Waals surface area contributed by atoms with Gasteiger partial charge in [-0.2, -0.15) is 0 Å². The van der Waals surface area contributed by atoms with Crippen LogP contribution in [0.3, 0.4) is 0 Å². The van der Waals surface area contributed by atoms with Gasteiger partial charge in [-0.15, -0.1) is 11.3 Å². The van der Waals surface area contributed by atoms with Crippen molar-refractivity contribution >= 4 is 48.1 Å². The highest BCUT2D eigenvalue weighted by molar-refractivity contribution is 9.11. The zero-order chi connectivity index (χ0) is 15.7. The number of rotatable bonds is 4. The third kappa shape index (κ3) is 3.25. The monoisotopic (exact) mass is 395 g/mol. The molecule has 3 aromatic rings. The Morgan fingerprint density at radius 3 is 2.45 bits per heavy atom. The molecule has 1 atom stereocenters. The number of fused-ring (bicyclic) bond motifs is 1. The van der Waals surface area contributed by atoms with Gasteiger partial charge in [-0.1, -0.05) is 36.4 Å². The summed E-state index contributed by atoms with van der Waals surface area (Å²) in [7, 11) is -3.50. The number of halogens is 1. The van der Waals surface area contributed by atoms with Crippen LogP contribution in [0.4, 0.5) is 0 Å². The molecule has 0 radical (unpaired) electrons. The van der Waals surface area contributed by atoms with Gasteiger partial charge in [0, 0.05) is 6.04 Å². The van der Waals surface area contributed by atoms with Crippen LogP contribution in [0.25, 0.3) is 10.8 Å². The Balaban J connectivity index is 1.88. The molecule has 0 aliphatic heterocycles. The topological polar surface area (TPSA) is 46.2 Å². The summed E-state index contributed by atoms with van der Waals surface area (Å²) in [5.74, 6) is 0. The van der Waals surface area contributed by atoms with Gasteiger partial charge < -0.3 is 0 Å². The first-order chi connectivity index (χ1) is 10.5. The van der Waals surface area contributed by atoms with Crippen LogP contribution in [0.1, 0.15) is 18.5 Å². The van der Waals surface area contributed by atoms with Crippen molar-refractivity contribution in [3.8, 4) is 0 Å². The number of hydrogen-bond acceptors (Lipinski definition) is 3. The highest BCUT2D eigenvalue weighted by atomic mass is 79.9. The minimum atomic E-state index is -3.50. The third-order valence-electron chi connectivity index (χ3n) is 3.42. The van der Waals surface area contributed by atoms with E-state index in [9.17, 15) is 8.42 Å². The first-order valence-corrected chi connectivity index (χ1v) is 9.81. The summed E-state index contributed by atoms with van der Waals surface area (Å²) < 4.78 is 28.6. The van der Waals surface area contributed by atoms with Gasteiger partial charge in [-0.05, 0) is 57.4 Å². The maximum absolute atomic E-state index is 12.4. The first-order valence-electron chi connectivity index (χ1n) is 6.72. The lowest BCUT2D eigenvalue weighted by Crippen LogP contribution is -2.26. The summed E-state index contributed by atoms with van der Waals surface area (Å²) in [5.41, 5.74) is 0.942. The second-order valence-corrected chi connectivity index (χ2v) is 9.41. The maximum Gasteiger partial charge on any atom is 0.250 e. The second kappa shape index (κ2) is 6.12. The summed E-state index contributed by atoms with van der Waals surface area (Å²) >= 11 is 4.49. The summed E-state index contributed by atoms with van der Waals surface area (Å²) in [4.78, 5) is 0. The molecule has 3 nitrogen and oxygen atoms in total. The first kappa shape index (κ1) is 15.7. The smallest absolute Gasteiger partial charge is 0.206 e. The quantitative estimate of drug-likeness (QED) is 0.695. The van der Waals surface area contributed by atoms with Crippen LogP contribution in [0.5, 0.6) is 0 Å². The molecule has 1 heterocycles. The zero-order valence-electron chi connectivity index (χ0n) is 11.8. The highest BCUT2D eigenvalue weighted by Gasteiger charge is 2.20. The van der Waals surface area contributed by atoms with Crippen LogP contribution in [0.2, 0.25) is 0 Å². The lowest BCUT2D eigenvalue weighted by Gasteiger charge is -2.14. The molecule has 2 aromatic carbocycles. The summed E-state index contributed by atoms with van der Waals surface area (Å²) in [6, 6.07) is 17.1. The maximum atomic E-state index is 12.4. The van der Waals surface area contributed by atoms with E-state index in [4.69, 9.17) is 0 Å². The SMILES string of the molecule is CC(NS(=O)(=O)c1ccc(Br)s1)c1ccc2ccccc2c1. The molecule has 0 fully saturated rings. The largest absolute Gasteiger partial charge is 0.250 e. The second-order valence-electron chi connectivity index (χ2n) is 5.01. The predicted octanol–water partition coefficient (Wildman–Crippen LogP) is 4.70. The molecule has 0 aliphatic rings. The normalized spacial score (nSPS) is 13.4. The van der Waals surface area contributed by atoms with Crippen LogP contribution < -0.4 is 4.72 Å². The lowest BCUT2D eigenvalue weighted by atomic mass is 10.0. The van der Waals surface area contributed by atoms with Crippen LogP contribution in [0.15, 0.2) is 62.6 Å². The number of hydrogen-bond donors (Lipinski definition) is 1. The molecule has 1 unspecified atom stereocenters. The van der Waals surface area contributed by atoms with E-state index in [1.54, 1.807) is 12.1 Å². The van der Waals surface area contributed by atoms with E-state index in [0.717, 1.165) is 20.1 Å². The number of thiophene rings is 1. The summed E-state index contributed by atoms with van der Waals surface area (Å²) in [6.07, 6.45) is 0. The Morgan fingerprint density at radius 2 is 1.77 bits per heavy atom. The summed E-state index contributed by atoms with van der Waals surface area (Å²) in [6.45, 7) is 1.85. The average molecular weight is 396 g/mol. The molecular formula is C16H14BrNO2S2. The van der Waals surface area contributed by atoms with E-state index in [0.29, 0.717) is 4.21 Å². The van der Waals surface area contributed by atoms with Gasteiger partial charge in [0.05, 0.1) is 3.79 Å². The predicted molar refractivity (Wildman–Crippen MR) is 94.7 cm³/mol. The van der Waals surface area contributed by atoms with E-state index in [1.807, 2.05) is 49.4 Å². The molecule has 0 aliphatic carbocycles. The van der Waals surface area contributed by atoms with Crippen LogP contribution in [-0.4, -0.2) is 8.42 Å². The van der Waals surface area contributed by atoms with Crippen LogP contribution in [-0.2, 0) is 10.0 Å². The van der Waals surface area contributed by atoms with E-state index in [2.05, 4.69) is 20.7 Å². The van der Waals surface area contributed by atoms with Crippen molar-refractivity contribution in [2.45, 2.75) is 17.2 Å². The standard InChI is InChI=1S/C16H14BrNO2S2/c1-11(18-22(19,20)16-9-8-15(17)21-16)13-7-6-12-4-2-3-5-14(12)10-13/h2-11,18H,1H3. The zero-order valence-corrected chi connectivity index (χ0v) is 15.0. The minimum Gasteiger partial charge on any atom is -0.206 e. The minimum absolute atomic E-state index is 0.296. The molecule has 1 N–H and O–H groups in total. The van der Waals surface area contributed by atoms with Crippen molar-refractivity contribution in [3.63, 3.8) is 0 Å². The van der Waals surface area contributed by atoms with Crippen molar-refractivity contribution in [2.24, 2.45) is 0 Å². The molecule has 6 heteroatoms. The van der Waals surface area contributed by atoms with Crippen molar-refractivity contribution < 1.29 is 8.42 Å². The lowest BCUT2D eigenvalue weighted by molar-refractivity contribution is 0.569. The molecule has 22 heavy (non-hydrogen) atoms. The Morgan fingerprint density at radius 1 is 1.05 bits per heavy atom.